The summed E-state index contributed by atoms with van der Waals surface area (Å²) in [6, 6.07) is 12.0. The Kier molecular flexibility index (Phi) is 7.21. The van der Waals surface area contributed by atoms with Gasteiger partial charge in [-0.25, -0.2) is 4.39 Å². The first-order valence-electron chi connectivity index (χ1n) is 7.75. The predicted octanol–water partition coefficient (Wildman–Crippen LogP) is 3.94. The van der Waals surface area contributed by atoms with Gasteiger partial charge in [0, 0.05) is 22.8 Å². The fourth-order valence-electron chi connectivity index (χ4n) is 1.95. The van der Waals surface area contributed by atoms with Crippen molar-refractivity contribution < 1.29 is 9.18 Å². The predicted molar refractivity (Wildman–Crippen MR) is 105 cm³/mol. The van der Waals surface area contributed by atoms with Crippen molar-refractivity contribution in [2.45, 2.75) is 25.2 Å². The van der Waals surface area contributed by atoms with Gasteiger partial charge in [0.1, 0.15) is 5.82 Å². The number of hydrogen-bond donors (Lipinski definition) is 3. The number of hydrogen-bond acceptors (Lipinski definition) is 3. The van der Waals surface area contributed by atoms with Gasteiger partial charge in [0.25, 0.3) is 0 Å². The molecule has 2 aromatic rings. The van der Waals surface area contributed by atoms with Crippen molar-refractivity contribution in [1.29, 1.82) is 0 Å². The van der Waals surface area contributed by atoms with Crippen LogP contribution in [0.15, 0.2) is 47.4 Å². The molecule has 4 nitrogen and oxygen atoms in total. The number of anilines is 1. The Bertz CT molecular complexity index is 750. The average molecular weight is 378 g/mol. The molecule has 0 aromatic heterocycles. The minimum absolute atomic E-state index is 0.153. The van der Waals surface area contributed by atoms with E-state index in [9.17, 15) is 9.18 Å². The maximum absolute atomic E-state index is 12.8. The van der Waals surface area contributed by atoms with Crippen molar-refractivity contribution in [3.8, 4) is 0 Å². The van der Waals surface area contributed by atoms with Crippen LogP contribution in [-0.2, 0) is 4.79 Å². The Morgan fingerprint density at radius 2 is 1.80 bits per heavy atom. The second kappa shape index (κ2) is 9.39. The number of amides is 1. The normalized spacial score (nSPS) is 10.2. The fraction of sp³-hybridized carbons (Fsp3) is 0.222. The Morgan fingerprint density at radius 1 is 1.08 bits per heavy atom. The molecule has 0 aliphatic rings. The van der Waals surface area contributed by atoms with Crippen LogP contribution in [0.2, 0.25) is 0 Å². The third kappa shape index (κ3) is 6.72. The molecule has 132 valence electrons. The molecule has 0 aliphatic heterocycles. The van der Waals surface area contributed by atoms with Gasteiger partial charge in [-0.05, 0) is 73.6 Å². The first-order valence-corrected chi connectivity index (χ1v) is 9.15. The van der Waals surface area contributed by atoms with E-state index < -0.39 is 0 Å². The van der Waals surface area contributed by atoms with Gasteiger partial charge < -0.3 is 5.32 Å². The van der Waals surface area contributed by atoms with E-state index in [2.05, 4.69) is 48.2 Å². The van der Waals surface area contributed by atoms with Gasteiger partial charge in [-0.15, -0.1) is 11.8 Å². The summed E-state index contributed by atoms with van der Waals surface area (Å²) in [6.07, 6.45) is 0.365. The van der Waals surface area contributed by atoms with Crippen LogP contribution in [0.25, 0.3) is 0 Å². The van der Waals surface area contributed by atoms with Crippen LogP contribution in [0.4, 0.5) is 10.1 Å². The van der Waals surface area contributed by atoms with Gasteiger partial charge in [-0.2, -0.15) is 0 Å². The largest absolute Gasteiger partial charge is 0.331 e. The highest BCUT2D eigenvalue weighted by Gasteiger charge is 2.04. The summed E-state index contributed by atoms with van der Waals surface area (Å²) in [5.41, 5.74) is 8.31. The number of carbonyl (C=O) groups is 1. The van der Waals surface area contributed by atoms with E-state index in [0.717, 1.165) is 4.90 Å². The molecule has 0 saturated carbocycles. The number of carbonyl (C=O) groups excluding carboxylic acids is 1. The molecule has 0 atom stereocenters. The van der Waals surface area contributed by atoms with Gasteiger partial charge in [0.05, 0.1) is 0 Å². The molecule has 2 aromatic carbocycles. The lowest BCUT2D eigenvalue weighted by Gasteiger charge is -2.11. The van der Waals surface area contributed by atoms with E-state index in [1.54, 1.807) is 23.9 Å². The van der Waals surface area contributed by atoms with Gasteiger partial charge in [-0.1, -0.05) is 6.07 Å². The van der Waals surface area contributed by atoms with Crippen molar-refractivity contribution in [2.75, 3.05) is 11.1 Å². The maximum Gasteiger partial charge on any atom is 0.239 e. The average Bonchev–Trinajstić information content (AvgIpc) is 2.58. The second-order valence-electron chi connectivity index (χ2n) is 5.48. The zero-order valence-corrected chi connectivity index (χ0v) is 15.7. The lowest BCUT2D eigenvalue weighted by Crippen LogP contribution is -2.43. The van der Waals surface area contributed by atoms with Crippen LogP contribution >= 0.6 is 24.0 Å². The third-order valence-electron chi connectivity index (χ3n) is 3.49. The second-order valence-corrected chi connectivity index (χ2v) is 7.06. The van der Waals surface area contributed by atoms with Crippen LogP contribution in [0.5, 0.6) is 0 Å². The van der Waals surface area contributed by atoms with E-state index in [-0.39, 0.29) is 16.8 Å². The maximum atomic E-state index is 12.8. The van der Waals surface area contributed by atoms with Crippen molar-refractivity contribution in [3.63, 3.8) is 0 Å². The molecule has 0 fully saturated rings. The fourth-order valence-corrected chi connectivity index (χ4v) is 3.07. The molecule has 0 radical (unpaired) electrons. The monoisotopic (exact) mass is 377 g/mol. The standard InChI is InChI=1S/C18H20FN3OS2/c1-12-3-8-16(11-13(12)2)25-10-9-17(23)21-22-18(24)20-15-6-4-14(19)5-7-15/h3-8,11H,9-10H2,1-2H3,(H,21,23)(H2,20,22,24). The number of hydrazine groups is 1. The summed E-state index contributed by atoms with van der Waals surface area (Å²) in [7, 11) is 0. The van der Waals surface area contributed by atoms with Crippen LogP contribution < -0.4 is 16.2 Å². The first kappa shape index (κ1) is 19.2. The van der Waals surface area contributed by atoms with E-state index >= 15 is 0 Å². The zero-order chi connectivity index (χ0) is 18.2. The van der Waals surface area contributed by atoms with E-state index in [0.29, 0.717) is 17.9 Å². The molecule has 0 unspecified atom stereocenters. The number of aryl methyl sites for hydroxylation is 2. The molecular weight excluding hydrogens is 357 g/mol. The number of benzene rings is 2. The third-order valence-corrected chi connectivity index (χ3v) is 4.69. The van der Waals surface area contributed by atoms with E-state index in [4.69, 9.17) is 12.2 Å². The van der Waals surface area contributed by atoms with Crippen molar-refractivity contribution >= 4 is 40.7 Å². The highest BCUT2D eigenvalue weighted by Crippen LogP contribution is 2.21. The van der Waals surface area contributed by atoms with Crippen LogP contribution in [-0.4, -0.2) is 16.8 Å². The Labute approximate surface area is 156 Å². The molecule has 1 amide bonds. The summed E-state index contributed by atoms with van der Waals surface area (Å²) in [4.78, 5) is 13.0. The number of thiocarbonyl (C=S) groups is 1. The minimum atomic E-state index is -0.320. The van der Waals surface area contributed by atoms with Crippen molar-refractivity contribution in [3.05, 3.63) is 59.4 Å². The summed E-state index contributed by atoms with van der Waals surface area (Å²) in [5.74, 6) is 0.201. The molecule has 0 aliphatic carbocycles. The van der Waals surface area contributed by atoms with Crippen molar-refractivity contribution in [1.82, 2.24) is 10.9 Å². The molecule has 25 heavy (non-hydrogen) atoms. The van der Waals surface area contributed by atoms with Gasteiger partial charge in [0.15, 0.2) is 5.11 Å². The molecule has 0 heterocycles. The number of nitrogens with one attached hydrogen (secondary N) is 3. The lowest BCUT2D eigenvalue weighted by molar-refractivity contribution is -0.121. The van der Waals surface area contributed by atoms with Gasteiger partial charge in [-0.3, -0.25) is 15.6 Å². The Hall–Kier alpha value is -2.12. The highest BCUT2D eigenvalue weighted by molar-refractivity contribution is 7.99. The van der Waals surface area contributed by atoms with Crippen LogP contribution in [0.3, 0.4) is 0 Å². The highest BCUT2D eigenvalue weighted by atomic mass is 32.2. The molecule has 0 bridgehead atoms. The summed E-state index contributed by atoms with van der Waals surface area (Å²) >= 11 is 6.70. The smallest absolute Gasteiger partial charge is 0.239 e. The van der Waals surface area contributed by atoms with E-state index in [1.165, 1.54) is 23.3 Å². The van der Waals surface area contributed by atoms with Crippen molar-refractivity contribution in [2.24, 2.45) is 0 Å². The van der Waals surface area contributed by atoms with E-state index in [1.807, 2.05) is 0 Å². The SMILES string of the molecule is Cc1ccc(SCCC(=O)NNC(=S)Nc2ccc(F)cc2)cc1C. The lowest BCUT2D eigenvalue weighted by atomic mass is 10.1. The molecular formula is C18H20FN3OS2. The quantitative estimate of drug-likeness (QED) is 0.419. The Morgan fingerprint density at radius 3 is 2.48 bits per heavy atom. The zero-order valence-electron chi connectivity index (χ0n) is 14.1. The minimum Gasteiger partial charge on any atom is -0.331 e. The van der Waals surface area contributed by atoms with Gasteiger partial charge in [0.2, 0.25) is 5.91 Å². The molecule has 2 rings (SSSR count). The molecule has 0 saturated heterocycles. The summed E-state index contributed by atoms with van der Waals surface area (Å²) in [6.45, 7) is 4.15. The number of thioether (sulfide) groups is 1. The molecule has 0 spiro atoms. The van der Waals surface area contributed by atoms with Crippen LogP contribution in [0, 0.1) is 19.7 Å². The topological polar surface area (TPSA) is 53.2 Å². The van der Waals surface area contributed by atoms with Gasteiger partial charge >= 0.3 is 0 Å². The molecule has 3 N–H and O–H groups in total. The van der Waals surface area contributed by atoms with Crippen LogP contribution in [0.1, 0.15) is 17.5 Å². The summed E-state index contributed by atoms with van der Waals surface area (Å²) < 4.78 is 12.8. The molecule has 7 heteroatoms. The summed E-state index contributed by atoms with van der Waals surface area (Å²) in [5, 5.41) is 3.09. The number of halogens is 1. The number of rotatable bonds is 5. The first-order chi connectivity index (χ1) is 11.9. The Balaban J connectivity index is 1.67.